The van der Waals surface area contributed by atoms with Crippen LogP contribution in [0.3, 0.4) is 0 Å². The Balaban J connectivity index is 2.82. The van der Waals surface area contributed by atoms with E-state index in [0.717, 1.165) is 5.56 Å². The van der Waals surface area contributed by atoms with Crippen molar-refractivity contribution in [2.75, 3.05) is 5.88 Å². The molecule has 0 heterocycles. The zero-order valence-corrected chi connectivity index (χ0v) is 11.1. The van der Waals surface area contributed by atoms with Crippen LogP contribution in [0.5, 0.6) is 5.75 Å². The van der Waals surface area contributed by atoms with Gasteiger partial charge in [-0.1, -0.05) is 13.8 Å². The number of hydrogen-bond donors (Lipinski definition) is 2. The van der Waals surface area contributed by atoms with Crippen LogP contribution in [0, 0.1) is 12.8 Å². The molecule has 1 rings (SSSR count). The third-order valence-electron chi connectivity index (χ3n) is 2.74. The van der Waals surface area contributed by atoms with Gasteiger partial charge in [-0.05, 0) is 36.6 Å². The zero-order chi connectivity index (χ0) is 13.0. The molecule has 1 aromatic rings. The molecule has 0 saturated carbocycles. The lowest BCUT2D eigenvalue weighted by molar-refractivity contribution is 0.0930. The van der Waals surface area contributed by atoms with Gasteiger partial charge in [0, 0.05) is 17.5 Å². The lowest BCUT2D eigenvalue weighted by Crippen LogP contribution is -2.40. The largest absolute Gasteiger partial charge is 0.508 e. The highest BCUT2D eigenvalue weighted by Crippen LogP contribution is 2.16. The summed E-state index contributed by atoms with van der Waals surface area (Å²) in [6.45, 7) is 5.81. The molecular formula is C13H18ClNO2. The molecule has 1 atom stereocenters. The van der Waals surface area contributed by atoms with Crippen molar-refractivity contribution >= 4 is 17.5 Å². The number of hydrogen-bond acceptors (Lipinski definition) is 2. The summed E-state index contributed by atoms with van der Waals surface area (Å²) < 4.78 is 0. The molecule has 0 aliphatic carbocycles. The van der Waals surface area contributed by atoms with Crippen LogP contribution < -0.4 is 5.32 Å². The molecule has 0 bridgehead atoms. The fraction of sp³-hybridized carbons (Fsp3) is 0.462. The Hall–Kier alpha value is -1.22. The third kappa shape index (κ3) is 3.63. The smallest absolute Gasteiger partial charge is 0.251 e. The number of phenols is 1. The molecule has 17 heavy (non-hydrogen) atoms. The Kier molecular flexibility index (Phi) is 4.82. The van der Waals surface area contributed by atoms with Crippen molar-refractivity contribution in [2.24, 2.45) is 5.92 Å². The highest BCUT2D eigenvalue weighted by Gasteiger charge is 2.17. The highest BCUT2D eigenvalue weighted by molar-refractivity contribution is 6.18. The quantitative estimate of drug-likeness (QED) is 0.813. The summed E-state index contributed by atoms with van der Waals surface area (Å²) >= 11 is 5.80. The number of aryl methyl sites for hydroxylation is 1. The summed E-state index contributed by atoms with van der Waals surface area (Å²) in [5.41, 5.74) is 1.32. The molecule has 1 unspecified atom stereocenters. The van der Waals surface area contributed by atoms with Gasteiger partial charge in [0.25, 0.3) is 5.91 Å². The van der Waals surface area contributed by atoms with Crippen LogP contribution in [-0.2, 0) is 0 Å². The van der Waals surface area contributed by atoms with E-state index in [2.05, 4.69) is 5.32 Å². The van der Waals surface area contributed by atoms with Crippen LogP contribution in [0.4, 0.5) is 0 Å². The van der Waals surface area contributed by atoms with E-state index in [0.29, 0.717) is 11.4 Å². The number of alkyl halides is 1. The first-order valence-electron chi connectivity index (χ1n) is 5.62. The molecule has 3 nitrogen and oxygen atoms in total. The topological polar surface area (TPSA) is 49.3 Å². The number of halogens is 1. The maximum atomic E-state index is 12.0. The van der Waals surface area contributed by atoms with Gasteiger partial charge in [0.15, 0.2) is 0 Å². The number of aromatic hydroxyl groups is 1. The second-order valence-electron chi connectivity index (χ2n) is 4.48. The minimum atomic E-state index is -0.151. The molecule has 0 fully saturated rings. The van der Waals surface area contributed by atoms with E-state index in [1.165, 1.54) is 6.07 Å². The van der Waals surface area contributed by atoms with Crippen molar-refractivity contribution in [1.29, 1.82) is 0 Å². The summed E-state index contributed by atoms with van der Waals surface area (Å²) in [6, 6.07) is 4.65. The molecule has 0 radical (unpaired) electrons. The molecule has 94 valence electrons. The molecule has 1 amide bonds. The van der Waals surface area contributed by atoms with Crippen molar-refractivity contribution in [1.82, 2.24) is 5.32 Å². The van der Waals surface area contributed by atoms with Crippen LogP contribution in [0.15, 0.2) is 18.2 Å². The fourth-order valence-electron chi connectivity index (χ4n) is 1.53. The van der Waals surface area contributed by atoms with Crippen LogP contribution in [-0.4, -0.2) is 22.9 Å². The van der Waals surface area contributed by atoms with Crippen LogP contribution in [0.25, 0.3) is 0 Å². The Morgan fingerprint density at radius 3 is 2.59 bits per heavy atom. The molecule has 4 heteroatoms. The number of nitrogens with one attached hydrogen (secondary N) is 1. The van der Waals surface area contributed by atoms with Gasteiger partial charge in [-0.2, -0.15) is 0 Å². The fourth-order valence-corrected chi connectivity index (χ4v) is 1.97. The van der Waals surface area contributed by atoms with E-state index >= 15 is 0 Å². The van der Waals surface area contributed by atoms with E-state index in [1.807, 2.05) is 13.8 Å². The van der Waals surface area contributed by atoms with Gasteiger partial charge >= 0.3 is 0 Å². The van der Waals surface area contributed by atoms with Gasteiger partial charge in [0.1, 0.15) is 5.75 Å². The molecule has 0 saturated heterocycles. The van der Waals surface area contributed by atoms with E-state index in [4.69, 9.17) is 11.6 Å². The third-order valence-corrected chi connectivity index (χ3v) is 3.07. The number of benzene rings is 1. The van der Waals surface area contributed by atoms with E-state index in [1.54, 1.807) is 19.1 Å². The van der Waals surface area contributed by atoms with Crippen LogP contribution in [0.2, 0.25) is 0 Å². The standard InChI is InChI=1S/C13H18ClNO2/c1-8(2)12(7-14)15-13(17)11-5-4-10(16)6-9(11)3/h4-6,8,12,16H,7H2,1-3H3,(H,15,17). The number of carbonyl (C=O) groups excluding carboxylic acids is 1. The number of amides is 1. The summed E-state index contributed by atoms with van der Waals surface area (Å²) in [5.74, 6) is 0.688. The molecular weight excluding hydrogens is 238 g/mol. The van der Waals surface area contributed by atoms with Gasteiger partial charge in [-0.25, -0.2) is 0 Å². The maximum Gasteiger partial charge on any atom is 0.251 e. The van der Waals surface area contributed by atoms with Gasteiger partial charge < -0.3 is 10.4 Å². The zero-order valence-electron chi connectivity index (χ0n) is 10.3. The van der Waals surface area contributed by atoms with Crippen LogP contribution >= 0.6 is 11.6 Å². The average Bonchev–Trinajstić information content (AvgIpc) is 2.24. The van der Waals surface area contributed by atoms with Gasteiger partial charge in [-0.15, -0.1) is 11.6 Å². The highest BCUT2D eigenvalue weighted by atomic mass is 35.5. The Morgan fingerprint density at radius 1 is 1.47 bits per heavy atom. The van der Waals surface area contributed by atoms with E-state index in [9.17, 15) is 9.90 Å². The van der Waals surface area contributed by atoms with Crippen LogP contribution in [0.1, 0.15) is 29.8 Å². The van der Waals surface area contributed by atoms with Crippen molar-refractivity contribution in [3.63, 3.8) is 0 Å². The van der Waals surface area contributed by atoms with Crippen molar-refractivity contribution in [3.05, 3.63) is 29.3 Å². The number of carbonyl (C=O) groups is 1. The summed E-state index contributed by atoms with van der Waals surface area (Å²) in [7, 11) is 0. The van der Waals surface area contributed by atoms with Gasteiger partial charge in [-0.3, -0.25) is 4.79 Å². The first kappa shape index (κ1) is 13.8. The molecule has 1 aromatic carbocycles. The second kappa shape index (κ2) is 5.92. The Bertz CT molecular complexity index is 404. The van der Waals surface area contributed by atoms with Gasteiger partial charge in [0.05, 0.1) is 0 Å². The predicted molar refractivity (Wildman–Crippen MR) is 69.7 cm³/mol. The average molecular weight is 256 g/mol. The van der Waals surface area contributed by atoms with E-state index in [-0.39, 0.29) is 23.6 Å². The minimum absolute atomic E-state index is 0.0441. The normalized spacial score (nSPS) is 12.5. The lowest BCUT2D eigenvalue weighted by atomic mass is 10.0. The van der Waals surface area contributed by atoms with E-state index < -0.39 is 0 Å². The van der Waals surface area contributed by atoms with Gasteiger partial charge in [0.2, 0.25) is 0 Å². The first-order chi connectivity index (χ1) is 7.95. The Morgan fingerprint density at radius 2 is 2.12 bits per heavy atom. The van der Waals surface area contributed by atoms with Crippen molar-refractivity contribution in [3.8, 4) is 5.75 Å². The summed E-state index contributed by atoms with van der Waals surface area (Å²) in [6.07, 6.45) is 0. The molecule has 0 spiro atoms. The Labute approximate surface area is 107 Å². The summed E-state index contributed by atoms with van der Waals surface area (Å²) in [5, 5.41) is 12.2. The molecule has 0 aromatic heterocycles. The predicted octanol–water partition coefficient (Wildman–Crippen LogP) is 2.69. The molecule has 0 aliphatic rings. The molecule has 0 aliphatic heterocycles. The minimum Gasteiger partial charge on any atom is -0.508 e. The maximum absolute atomic E-state index is 12.0. The lowest BCUT2D eigenvalue weighted by Gasteiger charge is -2.20. The monoisotopic (exact) mass is 255 g/mol. The number of phenolic OH excluding ortho intramolecular Hbond substituents is 1. The first-order valence-corrected chi connectivity index (χ1v) is 6.15. The molecule has 2 N–H and O–H groups in total. The van der Waals surface area contributed by atoms with Crippen molar-refractivity contribution < 1.29 is 9.90 Å². The summed E-state index contributed by atoms with van der Waals surface area (Å²) in [4.78, 5) is 12.0. The SMILES string of the molecule is Cc1cc(O)ccc1C(=O)NC(CCl)C(C)C. The number of rotatable bonds is 4. The van der Waals surface area contributed by atoms with Crippen molar-refractivity contribution in [2.45, 2.75) is 26.8 Å². The second-order valence-corrected chi connectivity index (χ2v) is 4.79.